The summed E-state index contributed by atoms with van der Waals surface area (Å²) in [4.78, 5) is 13.3. The largest absolute Gasteiger partial charge is 0.270 e. The highest BCUT2D eigenvalue weighted by Crippen LogP contribution is 2.27. The van der Waals surface area contributed by atoms with E-state index in [2.05, 4.69) is 4.85 Å². The van der Waals surface area contributed by atoms with Crippen molar-refractivity contribution in [3.05, 3.63) is 44.8 Å². The maximum absolute atomic E-state index is 10.5. The van der Waals surface area contributed by atoms with E-state index in [1.165, 1.54) is 6.07 Å². The average Bonchev–Trinajstić information content (AvgIpc) is 2.07. The molecule has 0 aliphatic carbocycles. The monoisotopic (exact) mass is 176 g/mol. The first kappa shape index (κ1) is 9.20. The van der Waals surface area contributed by atoms with Crippen molar-refractivity contribution < 1.29 is 4.92 Å². The Balaban J connectivity index is 3.39. The fraction of sp³-hybridized carbons (Fsp3) is 0.222. The van der Waals surface area contributed by atoms with Gasteiger partial charge in [0.05, 0.1) is 11.5 Å². The Morgan fingerprint density at radius 2 is 2.00 bits per heavy atom. The van der Waals surface area contributed by atoms with Gasteiger partial charge in [-0.2, -0.15) is 0 Å². The lowest BCUT2D eigenvalue weighted by Gasteiger charge is -2.00. The van der Waals surface area contributed by atoms with E-state index in [-0.39, 0.29) is 5.69 Å². The predicted molar refractivity (Wildman–Crippen MR) is 48.8 cm³/mol. The van der Waals surface area contributed by atoms with Crippen molar-refractivity contribution in [2.45, 2.75) is 13.8 Å². The first-order valence-electron chi connectivity index (χ1n) is 3.69. The molecule has 1 rings (SSSR count). The maximum atomic E-state index is 10.5. The predicted octanol–water partition coefficient (Wildman–Crippen LogP) is 2.76. The number of nitro benzene ring substituents is 1. The Labute approximate surface area is 75.8 Å². The number of hydrogen-bond donors (Lipinski definition) is 0. The third kappa shape index (κ3) is 1.64. The molecule has 0 spiro atoms. The Kier molecular flexibility index (Phi) is 2.29. The number of aryl methyl sites for hydroxylation is 2. The van der Waals surface area contributed by atoms with Gasteiger partial charge in [0, 0.05) is 11.6 Å². The highest BCUT2D eigenvalue weighted by atomic mass is 16.6. The van der Waals surface area contributed by atoms with Crippen LogP contribution in [-0.2, 0) is 0 Å². The van der Waals surface area contributed by atoms with Crippen LogP contribution in [0.3, 0.4) is 0 Å². The van der Waals surface area contributed by atoms with E-state index in [1.807, 2.05) is 0 Å². The van der Waals surface area contributed by atoms with Crippen LogP contribution in [0.4, 0.5) is 11.4 Å². The summed E-state index contributed by atoms with van der Waals surface area (Å²) in [6.45, 7) is 10.1. The Bertz CT molecular complexity index is 405. The quantitative estimate of drug-likeness (QED) is 0.375. The number of benzene rings is 1. The van der Waals surface area contributed by atoms with Crippen molar-refractivity contribution in [1.29, 1.82) is 0 Å². The van der Waals surface area contributed by atoms with Crippen molar-refractivity contribution in [1.82, 2.24) is 0 Å². The molecular weight excluding hydrogens is 168 g/mol. The number of hydrogen-bond acceptors (Lipinski definition) is 2. The summed E-state index contributed by atoms with van der Waals surface area (Å²) in [5, 5.41) is 10.5. The zero-order chi connectivity index (χ0) is 10.0. The Morgan fingerprint density at radius 1 is 1.38 bits per heavy atom. The second kappa shape index (κ2) is 3.23. The lowest BCUT2D eigenvalue weighted by molar-refractivity contribution is -0.385. The van der Waals surface area contributed by atoms with E-state index in [4.69, 9.17) is 6.57 Å². The Morgan fingerprint density at radius 3 is 2.46 bits per heavy atom. The molecule has 0 atom stereocenters. The summed E-state index contributed by atoms with van der Waals surface area (Å²) >= 11 is 0. The maximum Gasteiger partial charge on any atom is 0.270 e. The van der Waals surface area contributed by atoms with E-state index in [0.717, 1.165) is 0 Å². The van der Waals surface area contributed by atoms with Crippen molar-refractivity contribution in [3.8, 4) is 0 Å². The van der Waals surface area contributed by atoms with Crippen LogP contribution in [0, 0.1) is 30.5 Å². The zero-order valence-corrected chi connectivity index (χ0v) is 7.37. The third-order valence-corrected chi connectivity index (χ3v) is 1.83. The first-order chi connectivity index (χ1) is 6.06. The summed E-state index contributed by atoms with van der Waals surface area (Å²) < 4.78 is 0. The minimum absolute atomic E-state index is 0.0740. The van der Waals surface area contributed by atoms with E-state index in [9.17, 15) is 10.1 Å². The molecular formula is C9H8N2O2. The van der Waals surface area contributed by atoms with Gasteiger partial charge in [-0.05, 0) is 25.5 Å². The van der Waals surface area contributed by atoms with Crippen LogP contribution >= 0.6 is 0 Å². The molecule has 0 bridgehead atoms. The second-order valence-corrected chi connectivity index (χ2v) is 2.79. The number of rotatable bonds is 1. The van der Waals surface area contributed by atoms with Gasteiger partial charge in [0.1, 0.15) is 0 Å². The molecule has 66 valence electrons. The minimum Gasteiger partial charge on any atom is -0.258 e. The topological polar surface area (TPSA) is 47.5 Å². The lowest BCUT2D eigenvalue weighted by Crippen LogP contribution is -1.92. The molecule has 0 aliphatic heterocycles. The van der Waals surface area contributed by atoms with Crippen LogP contribution in [0.1, 0.15) is 11.1 Å². The lowest BCUT2D eigenvalue weighted by atomic mass is 10.1. The smallest absolute Gasteiger partial charge is 0.258 e. The molecule has 0 unspecified atom stereocenters. The van der Waals surface area contributed by atoms with Gasteiger partial charge in [0.2, 0.25) is 0 Å². The molecule has 4 nitrogen and oxygen atoms in total. The summed E-state index contributed by atoms with van der Waals surface area (Å²) in [6, 6.07) is 2.98. The molecule has 0 radical (unpaired) electrons. The van der Waals surface area contributed by atoms with Crippen molar-refractivity contribution in [2.24, 2.45) is 0 Å². The summed E-state index contributed by atoms with van der Waals surface area (Å²) in [5.74, 6) is 0. The fourth-order valence-corrected chi connectivity index (χ4v) is 1.10. The molecule has 13 heavy (non-hydrogen) atoms. The van der Waals surface area contributed by atoms with Gasteiger partial charge in [0.15, 0.2) is 5.69 Å². The highest BCUT2D eigenvalue weighted by Gasteiger charge is 2.12. The average molecular weight is 176 g/mol. The summed E-state index contributed by atoms with van der Waals surface area (Å²) in [5.41, 5.74) is 1.72. The molecule has 0 saturated carbocycles. The van der Waals surface area contributed by atoms with Gasteiger partial charge in [-0.15, -0.1) is 0 Å². The number of nitrogens with zero attached hydrogens (tertiary/aromatic N) is 2. The molecule has 0 saturated heterocycles. The van der Waals surface area contributed by atoms with Gasteiger partial charge >= 0.3 is 0 Å². The van der Waals surface area contributed by atoms with Crippen LogP contribution < -0.4 is 0 Å². The van der Waals surface area contributed by atoms with Crippen LogP contribution in [0.25, 0.3) is 4.85 Å². The molecule has 1 aromatic carbocycles. The molecule has 0 fully saturated rings. The van der Waals surface area contributed by atoms with Gasteiger partial charge in [-0.1, -0.05) is 0 Å². The molecule has 1 aromatic rings. The molecule has 0 heterocycles. The van der Waals surface area contributed by atoms with Crippen molar-refractivity contribution >= 4 is 11.4 Å². The summed E-state index contributed by atoms with van der Waals surface area (Å²) in [7, 11) is 0. The molecule has 0 aliphatic rings. The third-order valence-electron chi connectivity index (χ3n) is 1.83. The number of nitro groups is 1. The van der Waals surface area contributed by atoms with Crippen LogP contribution in [0.5, 0.6) is 0 Å². The molecule has 4 heteroatoms. The second-order valence-electron chi connectivity index (χ2n) is 2.79. The van der Waals surface area contributed by atoms with E-state index >= 15 is 0 Å². The zero-order valence-electron chi connectivity index (χ0n) is 7.37. The van der Waals surface area contributed by atoms with E-state index in [1.54, 1.807) is 19.9 Å². The van der Waals surface area contributed by atoms with Gasteiger partial charge < -0.3 is 0 Å². The van der Waals surface area contributed by atoms with E-state index in [0.29, 0.717) is 16.8 Å². The van der Waals surface area contributed by atoms with Crippen LogP contribution in [-0.4, -0.2) is 4.92 Å². The van der Waals surface area contributed by atoms with Crippen LogP contribution in [0.2, 0.25) is 0 Å². The van der Waals surface area contributed by atoms with E-state index < -0.39 is 4.92 Å². The van der Waals surface area contributed by atoms with Gasteiger partial charge in [-0.25, -0.2) is 4.85 Å². The molecule has 0 N–H and O–H groups in total. The normalized spacial score (nSPS) is 9.31. The highest BCUT2D eigenvalue weighted by molar-refractivity contribution is 5.59. The molecule has 0 amide bonds. The van der Waals surface area contributed by atoms with Crippen LogP contribution in [0.15, 0.2) is 12.1 Å². The summed E-state index contributed by atoms with van der Waals surface area (Å²) in [6.07, 6.45) is 0. The van der Waals surface area contributed by atoms with Gasteiger partial charge in [0.25, 0.3) is 5.69 Å². The SMILES string of the molecule is [C-]#[N+]c1cc(C)c([N+](=O)[O-])cc1C. The fourth-order valence-electron chi connectivity index (χ4n) is 1.10. The first-order valence-corrected chi connectivity index (χ1v) is 3.69. The van der Waals surface area contributed by atoms with Crippen molar-refractivity contribution in [2.75, 3.05) is 0 Å². The molecule has 0 aromatic heterocycles. The minimum atomic E-state index is -0.434. The Hall–Kier alpha value is -1.89. The standard InChI is InChI=1S/C9H8N2O2/c1-6-5-9(11(12)13)7(2)4-8(6)10-3/h4-5H,1-2H3. The van der Waals surface area contributed by atoms with Gasteiger partial charge in [-0.3, -0.25) is 10.1 Å². The van der Waals surface area contributed by atoms with Crippen molar-refractivity contribution in [3.63, 3.8) is 0 Å².